The Labute approximate surface area is 110 Å². The van der Waals surface area contributed by atoms with Gasteiger partial charge < -0.3 is 0 Å². The molecule has 0 radical (unpaired) electrons. The molecule has 1 N–H and O–H groups in total. The van der Waals surface area contributed by atoms with Crippen molar-refractivity contribution in [1.82, 2.24) is 4.72 Å². The first-order valence-electron chi connectivity index (χ1n) is 5.86. The summed E-state index contributed by atoms with van der Waals surface area (Å²) in [7, 11) is -4.08. The number of hydrogen-bond acceptors (Lipinski definition) is 3. The molecular weight excluding hydrogens is 276 g/mol. The van der Waals surface area contributed by atoms with Crippen LogP contribution in [-0.2, 0) is 10.0 Å². The Morgan fingerprint density at radius 3 is 2.42 bits per heavy atom. The molecule has 19 heavy (non-hydrogen) atoms. The van der Waals surface area contributed by atoms with Gasteiger partial charge in [-0.3, -0.25) is 4.79 Å². The van der Waals surface area contributed by atoms with E-state index in [1.165, 1.54) is 6.92 Å². The number of ketones is 1. The van der Waals surface area contributed by atoms with Crippen LogP contribution in [0.2, 0.25) is 0 Å². The topological polar surface area (TPSA) is 63.2 Å². The largest absolute Gasteiger partial charge is 0.294 e. The van der Waals surface area contributed by atoms with E-state index in [2.05, 4.69) is 4.72 Å². The van der Waals surface area contributed by atoms with Crippen molar-refractivity contribution in [3.8, 4) is 0 Å². The van der Waals surface area contributed by atoms with Gasteiger partial charge in [0, 0.05) is 13.0 Å². The van der Waals surface area contributed by atoms with Gasteiger partial charge in [-0.2, -0.15) is 0 Å². The summed E-state index contributed by atoms with van der Waals surface area (Å²) < 4.78 is 53.2. The first-order valence-corrected chi connectivity index (χ1v) is 7.34. The molecule has 0 aliphatic rings. The first-order chi connectivity index (χ1) is 8.85. The third-order valence-electron chi connectivity index (χ3n) is 2.49. The molecule has 1 aromatic rings. The van der Waals surface area contributed by atoms with Crippen molar-refractivity contribution >= 4 is 15.8 Å². The molecule has 0 aliphatic heterocycles. The normalized spacial score (nSPS) is 11.6. The van der Waals surface area contributed by atoms with Crippen LogP contribution in [0, 0.1) is 11.6 Å². The molecular formula is C12H15F2NO3S. The van der Waals surface area contributed by atoms with Crippen molar-refractivity contribution in [2.24, 2.45) is 0 Å². The molecule has 0 aromatic heterocycles. The van der Waals surface area contributed by atoms with E-state index in [0.29, 0.717) is 6.42 Å². The summed E-state index contributed by atoms with van der Waals surface area (Å²) in [6.07, 6.45) is 0.419. The van der Waals surface area contributed by atoms with Crippen LogP contribution in [0.4, 0.5) is 8.78 Å². The summed E-state index contributed by atoms with van der Waals surface area (Å²) in [4.78, 5) is 10.7. The Bertz CT molecular complexity index is 585. The number of nitrogens with one attached hydrogen (secondary N) is 1. The summed E-state index contributed by atoms with van der Waals surface area (Å²) in [6.45, 7) is 3.32. The lowest BCUT2D eigenvalue weighted by atomic mass is 10.1. The smallest absolute Gasteiger partial charge is 0.243 e. The maximum Gasteiger partial charge on any atom is 0.243 e. The van der Waals surface area contributed by atoms with E-state index in [-0.39, 0.29) is 13.0 Å². The van der Waals surface area contributed by atoms with Gasteiger partial charge in [-0.1, -0.05) is 13.8 Å². The predicted molar refractivity (Wildman–Crippen MR) is 66.5 cm³/mol. The molecule has 7 heteroatoms. The zero-order valence-electron chi connectivity index (χ0n) is 10.7. The molecule has 1 rings (SSSR count). The number of carbonyl (C=O) groups excluding carboxylic acids is 1. The monoisotopic (exact) mass is 291 g/mol. The number of rotatable bonds is 6. The van der Waals surface area contributed by atoms with Crippen molar-refractivity contribution in [2.45, 2.75) is 31.6 Å². The molecule has 0 fully saturated rings. The Balaban J connectivity index is 3.36. The fourth-order valence-corrected chi connectivity index (χ4v) is 2.70. The van der Waals surface area contributed by atoms with Gasteiger partial charge in [-0.15, -0.1) is 0 Å². The molecule has 0 unspecified atom stereocenters. The zero-order valence-corrected chi connectivity index (χ0v) is 11.5. The highest BCUT2D eigenvalue weighted by Crippen LogP contribution is 2.22. The minimum atomic E-state index is -4.08. The Morgan fingerprint density at radius 1 is 1.26 bits per heavy atom. The first kappa shape index (κ1) is 15.7. The second-order valence-corrected chi connectivity index (χ2v) is 5.64. The van der Waals surface area contributed by atoms with E-state index in [1.807, 2.05) is 0 Å². The lowest BCUT2D eigenvalue weighted by Crippen LogP contribution is -2.26. The fourth-order valence-electron chi connectivity index (χ4n) is 1.49. The number of benzene rings is 1. The third kappa shape index (κ3) is 3.36. The van der Waals surface area contributed by atoms with Gasteiger partial charge in [-0.05, 0) is 18.6 Å². The highest BCUT2D eigenvalue weighted by atomic mass is 32.2. The van der Waals surface area contributed by atoms with Crippen LogP contribution < -0.4 is 4.72 Å². The minimum Gasteiger partial charge on any atom is -0.294 e. The van der Waals surface area contributed by atoms with Gasteiger partial charge >= 0.3 is 0 Å². The number of carbonyl (C=O) groups is 1. The summed E-state index contributed by atoms with van der Waals surface area (Å²) >= 11 is 0. The molecule has 0 spiro atoms. The number of halogens is 2. The molecule has 1 aromatic carbocycles. The minimum absolute atomic E-state index is 0.111. The molecule has 0 amide bonds. The molecule has 0 heterocycles. The van der Waals surface area contributed by atoms with Crippen LogP contribution >= 0.6 is 0 Å². The molecule has 0 bridgehead atoms. The second kappa shape index (κ2) is 6.21. The average Bonchev–Trinajstić information content (AvgIpc) is 2.35. The van der Waals surface area contributed by atoms with Crippen molar-refractivity contribution in [3.63, 3.8) is 0 Å². The van der Waals surface area contributed by atoms with Gasteiger partial charge in [0.1, 0.15) is 10.7 Å². The van der Waals surface area contributed by atoms with E-state index in [4.69, 9.17) is 0 Å². The number of sulfonamides is 1. The highest BCUT2D eigenvalue weighted by Gasteiger charge is 2.25. The molecule has 0 aliphatic carbocycles. The van der Waals surface area contributed by atoms with Crippen LogP contribution in [0.15, 0.2) is 17.0 Å². The average molecular weight is 291 g/mol. The summed E-state index contributed by atoms with van der Waals surface area (Å²) in [6, 6.07) is 1.60. The molecule has 106 valence electrons. The maximum absolute atomic E-state index is 14.0. The van der Waals surface area contributed by atoms with Crippen LogP contribution in [0.1, 0.15) is 37.0 Å². The van der Waals surface area contributed by atoms with Gasteiger partial charge in [-0.25, -0.2) is 21.9 Å². The standard InChI is InChI=1S/C12H15F2NO3S/c1-3-7-15-19(17,18)10-6-5-8(13)11(12(10)14)9(16)4-2/h5-6,15H,3-4,7H2,1-2H3. The van der Waals surface area contributed by atoms with Crippen LogP contribution in [0.3, 0.4) is 0 Å². The zero-order chi connectivity index (χ0) is 14.6. The van der Waals surface area contributed by atoms with Crippen LogP contribution in [-0.4, -0.2) is 20.7 Å². The van der Waals surface area contributed by atoms with E-state index >= 15 is 0 Å². The lowest BCUT2D eigenvalue weighted by Gasteiger charge is -2.10. The predicted octanol–water partition coefficient (Wildman–Crippen LogP) is 2.25. The number of Topliss-reactive ketones (excluding diaryl/α,β-unsaturated/α-hetero) is 1. The number of hydrogen-bond donors (Lipinski definition) is 1. The van der Waals surface area contributed by atoms with E-state index in [1.54, 1.807) is 6.92 Å². The van der Waals surface area contributed by atoms with Gasteiger partial charge in [0.05, 0.1) is 5.56 Å². The van der Waals surface area contributed by atoms with Crippen molar-refractivity contribution in [2.75, 3.05) is 6.54 Å². The van der Waals surface area contributed by atoms with Gasteiger partial charge in [0.25, 0.3) is 0 Å². The maximum atomic E-state index is 14.0. The van der Waals surface area contributed by atoms with E-state index < -0.39 is 37.9 Å². The molecule has 0 saturated heterocycles. The Morgan fingerprint density at radius 2 is 1.89 bits per heavy atom. The summed E-state index contributed by atoms with van der Waals surface area (Å²) in [5, 5.41) is 0. The van der Waals surface area contributed by atoms with Gasteiger partial charge in [0.2, 0.25) is 10.0 Å². The lowest BCUT2D eigenvalue weighted by molar-refractivity contribution is 0.0979. The third-order valence-corrected chi connectivity index (χ3v) is 3.97. The summed E-state index contributed by atoms with van der Waals surface area (Å²) in [5.41, 5.74) is -0.804. The van der Waals surface area contributed by atoms with Crippen LogP contribution in [0.25, 0.3) is 0 Å². The van der Waals surface area contributed by atoms with Crippen molar-refractivity contribution < 1.29 is 22.0 Å². The fraction of sp³-hybridized carbons (Fsp3) is 0.417. The Kier molecular flexibility index (Phi) is 5.13. The highest BCUT2D eigenvalue weighted by molar-refractivity contribution is 7.89. The van der Waals surface area contributed by atoms with Crippen molar-refractivity contribution in [3.05, 3.63) is 29.3 Å². The quantitative estimate of drug-likeness (QED) is 0.818. The van der Waals surface area contributed by atoms with Crippen LogP contribution in [0.5, 0.6) is 0 Å². The SMILES string of the molecule is CCCNS(=O)(=O)c1ccc(F)c(C(=O)CC)c1F. The van der Waals surface area contributed by atoms with E-state index in [0.717, 1.165) is 12.1 Å². The molecule has 4 nitrogen and oxygen atoms in total. The Hall–Kier alpha value is -1.34. The second-order valence-electron chi connectivity index (χ2n) is 3.91. The van der Waals surface area contributed by atoms with Crippen molar-refractivity contribution in [1.29, 1.82) is 0 Å². The van der Waals surface area contributed by atoms with Gasteiger partial charge in [0.15, 0.2) is 11.6 Å². The summed E-state index contributed by atoms with van der Waals surface area (Å²) in [5.74, 6) is -3.17. The molecule has 0 saturated carbocycles. The molecule has 0 atom stereocenters. The van der Waals surface area contributed by atoms with E-state index in [9.17, 15) is 22.0 Å².